The summed E-state index contributed by atoms with van der Waals surface area (Å²) >= 11 is 0. The molecule has 0 aliphatic heterocycles. The van der Waals surface area contributed by atoms with E-state index in [1.807, 2.05) is 0 Å². The predicted molar refractivity (Wildman–Crippen MR) is 86.8 cm³/mol. The number of aromatic nitrogens is 2. The molecule has 2 N–H and O–H groups in total. The summed E-state index contributed by atoms with van der Waals surface area (Å²) in [5.74, 6) is 0.624. The van der Waals surface area contributed by atoms with E-state index >= 15 is 0 Å². The van der Waals surface area contributed by atoms with E-state index in [2.05, 4.69) is 58.5 Å². The SMILES string of the molecule is CCC(CC)n1ccc(CC(N)CC(C)C(C)(C)C)n1. The largest absolute Gasteiger partial charge is 0.327 e. The van der Waals surface area contributed by atoms with Crippen molar-refractivity contribution in [1.82, 2.24) is 9.78 Å². The van der Waals surface area contributed by atoms with Gasteiger partial charge in [-0.25, -0.2) is 0 Å². The lowest BCUT2D eigenvalue weighted by atomic mass is 9.78. The predicted octanol–water partition coefficient (Wildman–Crippen LogP) is 4.19. The molecule has 1 heterocycles. The first-order valence-electron chi connectivity index (χ1n) is 8.07. The van der Waals surface area contributed by atoms with Crippen molar-refractivity contribution in [3.8, 4) is 0 Å². The minimum Gasteiger partial charge on any atom is -0.327 e. The Bertz CT molecular complexity index is 385. The molecule has 0 fully saturated rings. The molecule has 1 rings (SSSR count). The fourth-order valence-corrected chi connectivity index (χ4v) is 2.51. The van der Waals surface area contributed by atoms with Crippen LogP contribution in [0.3, 0.4) is 0 Å². The molecule has 0 amide bonds. The van der Waals surface area contributed by atoms with Gasteiger partial charge in [0, 0.05) is 18.7 Å². The lowest BCUT2D eigenvalue weighted by molar-refractivity contribution is 0.232. The Morgan fingerprint density at radius 3 is 2.35 bits per heavy atom. The molecule has 3 nitrogen and oxygen atoms in total. The summed E-state index contributed by atoms with van der Waals surface area (Å²) in [5.41, 5.74) is 7.76. The topological polar surface area (TPSA) is 43.8 Å². The van der Waals surface area contributed by atoms with Crippen LogP contribution in [0, 0.1) is 11.3 Å². The highest BCUT2D eigenvalue weighted by Gasteiger charge is 2.22. The molecule has 0 bridgehead atoms. The second-order valence-corrected chi connectivity index (χ2v) is 7.22. The van der Waals surface area contributed by atoms with Crippen molar-refractivity contribution in [1.29, 1.82) is 0 Å². The molecule has 3 heteroatoms. The summed E-state index contributed by atoms with van der Waals surface area (Å²) in [7, 11) is 0. The van der Waals surface area contributed by atoms with Gasteiger partial charge in [-0.15, -0.1) is 0 Å². The molecule has 0 saturated heterocycles. The Morgan fingerprint density at radius 2 is 1.85 bits per heavy atom. The Morgan fingerprint density at radius 1 is 1.25 bits per heavy atom. The number of nitrogens with zero attached hydrogens (tertiary/aromatic N) is 2. The van der Waals surface area contributed by atoms with Crippen LogP contribution in [0.1, 0.15) is 72.5 Å². The van der Waals surface area contributed by atoms with Crippen LogP contribution in [-0.4, -0.2) is 15.8 Å². The summed E-state index contributed by atoms with van der Waals surface area (Å²) in [6, 6.07) is 2.85. The lowest BCUT2D eigenvalue weighted by Crippen LogP contribution is -2.30. The fourth-order valence-electron chi connectivity index (χ4n) is 2.51. The van der Waals surface area contributed by atoms with E-state index in [0.29, 0.717) is 17.4 Å². The van der Waals surface area contributed by atoms with Crippen molar-refractivity contribution in [2.24, 2.45) is 17.1 Å². The van der Waals surface area contributed by atoms with Crippen molar-refractivity contribution in [3.63, 3.8) is 0 Å². The van der Waals surface area contributed by atoms with Crippen LogP contribution in [0.4, 0.5) is 0 Å². The molecule has 0 radical (unpaired) electrons. The first-order valence-corrected chi connectivity index (χ1v) is 8.07. The quantitative estimate of drug-likeness (QED) is 0.813. The van der Waals surface area contributed by atoms with Gasteiger partial charge in [-0.2, -0.15) is 5.10 Å². The standard InChI is InChI=1S/C17H33N3/c1-7-16(8-2)20-10-9-15(19-20)12-14(18)11-13(3)17(4,5)6/h9-10,13-14,16H,7-8,11-12,18H2,1-6H3. The zero-order valence-electron chi connectivity index (χ0n) is 14.2. The number of rotatable bonds is 7. The monoisotopic (exact) mass is 279 g/mol. The van der Waals surface area contributed by atoms with Crippen LogP contribution in [0.2, 0.25) is 0 Å². The van der Waals surface area contributed by atoms with Gasteiger partial charge in [0.05, 0.1) is 11.7 Å². The van der Waals surface area contributed by atoms with E-state index in [-0.39, 0.29) is 6.04 Å². The van der Waals surface area contributed by atoms with Crippen LogP contribution in [-0.2, 0) is 6.42 Å². The molecule has 0 aromatic carbocycles. The van der Waals surface area contributed by atoms with Gasteiger partial charge in [-0.3, -0.25) is 4.68 Å². The smallest absolute Gasteiger partial charge is 0.0640 e. The van der Waals surface area contributed by atoms with Gasteiger partial charge in [-0.1, -0.05) is 41.5 Å². The second kappa shape index (κ2) is 7.26. The van der Waals surface area contributed by atoms with Crippen molar-refractivity contribution in [2.75, 3.05) is 0 Å². The number of hydrogen-bond donors (Lipinski definition) is 1. The summed E-state index contributed by atoms with van der Waals surface area (Å²) in [5, 5.41) is 4.70. The Hall–Kier alpha value is -0.830. The Kier molecular flexibility index (Phi) is 6.25. The van der Waals surface area contributed by atoms with Gasteiger partial charge in [-0.05, 0) is 36.7 Å². The average molecular weight is 279 g/mol. The lowest BCUT2D eigenvalue weighted by Gasteiger charge is -2.29. The van der Waals surface area contributed by atoms with E-state index in [0.717, 1.165) is 31.4 Å². The third kappa shape index (κ3) is 4.93. The van der Waals surface area contributed by atoms with Crippen molar-refractivity contribution >= 4 is 0 Å². The highest BCUT2D eigenvalue weighted by atomic mass is 15.3. The molecule has 1 aromatic heterocycles. The van der Waals surface area contributed by atoms with Crippen molar-refractivity contribution in [3.05, 3.63) is 18.0 Å². The second-order valence-electron chi connectivity index (χ2n) is 7.22. The van der Waals surface area contributed by atoms with Crippen molar-refractivity contribution < 1.29 is 0 Å². The van der Waals surface area contributed by atoms with Gasteiger partial charge in [0.15, 0.2) is 0 Å². The van der Waals surface area contributed by atoms with Crippen molar-refractivity contribution in [2.45, 2.75) is 79.3 Å². The zero-order valence-corrected chi connectivity index (χ0v) is 14.2. The Balaban J connectivity index is 2.56. The number of hydrogen-bond acceptors (Lipinski definition) is 2. The maximum absolute atomic E-state index is 6.30. The highest BCUT2D eigenvalue weighted by molar-refractivity contribution is 5.02. The van der Waals surface area contributed by atoms with Crippen LogP contribution < -0.4 is 5.73 Å². The molecule has 2 unspecified atom stereocenters. The molecule has 116 valence electrons. The minimum atomic E-state index is 0.203. The van der Waals surface area contributed by atoms with Gasteiger partial charge in [0.25, 0.3) is 0 Å². The number of nitrogens with two attached hydrogens (primary N) is 1. The van der Waals surface area contributed by atoms with Crippen LogP contribution in [0.15, 0.2) is 12.3 Å². The van der Waals surface area contributed by atoms with E-state index in [9.17, 15) is 0 Å². The molecule has 2 atom stereocenters. The van der Waals surface area contributed by atoms with E-state index in [1.54, 1.807) is 0 Å². The summed E-state index contributed by atoms with van der Waals surface area (Å²) in [6.45, 7) is 13.6. The maximum Gasteiger partial charge on any atom is 0.0640 e. The summed E-state index contributed by atoms with van der Waals surface area (Å²) in [4.78, 5) is 0. The van der Waals surface area contributed by atoms with E-state index in [4.69, 9.17) is 10.8 Å². The van der Waals surface area contributed by atoms with E-state index < -0.39 is 0 Å². The molecular formula is C17H33N3. The maximum atomic E-state index is 6.30. The van der Waals surface area contributed by atoms with E-state index in [1.165, 1.54) is 0 Å². The van der Waals surface area contributed by atoms with Gasteiger partial charge in [0.2, 0.25) is 0 Å². The fraction of sp³-hybridized carbons (Fsp3) is 0.824. The molecule has 0 aliphatic carbocycles. The summed E-state index contributed by atoms with van der Waals surface area (Å²) < 4.78 is 2.11. The van der Waals surface area contributed by atoms with Crippen LogP contribution in [0.5, 0.6) is 0 Å². The van der Waals surface area contributed by atoms with Crippen LogP contribution >= 0.6 is 0 Å². The normalized spacial score (nSPS) is 15.6. The first kappa shape index (κ1) is 17.2. The molecule has 1 aromatic rings. The minimum absolute atomic E-state index is 0.203. The molecule has 0 spiro atoms. The molecule has 0 aliphatic rings. The Labute approximate surface area is 124 Å². The molecule has 20 heavy (non-hydrogen) atoms. The zero-order chi connectivity index (χ0) is 15.3. The third-order valence-corrected chi connectivity index (χ3v) is 4.59. The van der Waals surface area contributed by atoms with Gasteiger partial charge < -0.3 is 5.73 Å². The van der Waals surface area contributed by atoms with Gasteiger partial charge in [0.1, 0.15) is 0 Å². The van der Waals surface area contributed by atoms with Gasteiger partial charge >= 0.3 is 0 Å². The molecule has 0 saturated carbocycles. The first-order chi connectivity index (χ1) is 9.27. The average Bonchev–Trinajstić information content (AvgIpc) is 2.77. The molecular weight excluding hydrogens is 246 g/mol. The highest BCUT2D eigenvalue weighted by Crippen LogP contribution is 2.29. The van der Waals surface area contributed by atoms with Crippen LogP contribution in [0.25, 0.3) is 0 Å². The third-order valence-electron chi connectivity index (χ3n) is 4.59. The summed E-state index contributed by atoms with van der Waals surface area (Å²) in [6.07, 6.45) is 6.30.